The van der Waals surface area contributed by atoms with Gasteiger partial charge < -0.3 is 21.3 Å². The van der Waals surface area contributed by atoms with Gasteiger partial charge in [0.25, 0.3) is 23.6 Å². The number of amides is 4. The Bertz CT molecular complexity index is 2510. The summed E-state index contributed by atoms with van der Waals surface area (Å²) in [5, 5.41) is 28.4. The van der Waals surface area contributed by atoms with E-state index in [1.807, 2.05) is 91.2 Å². The first-order chi connectivity index (χ1) is 27.3. The van der Waals surface area contributed by atoms with Gasteiger partial charge in [0.2, 0.25) is 0 Å². The Hall–Kier alpha value is -7.00. The van der Waals surface area contributed by atoms with Crippen LogP contribution in [-0.4, -0.2) is 80.2 Å². The zero-order valence-corrected chi connectivity index (χ0v) is 31.2. The van der Waals surface area contributed by atoms with Gasteiger partial charge in [-0.05, 0) is 61.7 Å². The summed E-state index contributed by atoms with van der Waals surface area (Å²) in [6.07, 6.45) is 1.05. The number of benzene rings is 2. The van der Waals surface area contributed by atoms with Crippen molar-refractivity contribution in [2.24, 2.45) is 0 Å². The molecule has 0 aliphatic carbocycles. The monoisotopic (exact) mass is 766 g/mol. The quantitative estimate of drug-likeness (QED) is 0.0730. The van der Waals surface area contributed by atoms with Crippen molar-refractivity contribution in [3.05, 3.63) is 131 Å². The summed E-state index contributed by atoms with van der Waals surface area (Å²) in [7, 11) is 0. The van der Waals surface area contributed by atoms with Crippen molar-refractivity contribution in [2.45, 2.75) is 19.8 Å². The molecule has 0 saturated heterocycles. The Morgan fingerprint density at radius 3 is 2.09 bits per heavy atom. The number of fused-ring (bicyclic) bond motifs is 1. The van der Waals surface area contributed by atoms with Crippen molar-refractivity contribution in [1.82, 2.24) is 51.6 Å². The van der Waals surface area contributed by atoms with Gasteiger partial charge in [0.1, 0.15) is 17.1 Å². The molecule has 15 heteroatoms. The molecule has 5 aromatic heterocycles. The number of nitrogens with one attached hydrogen (secondary N) is 6. The summed E-state index contributed by atoms with van der Waals surface area (Å²) in [6, 6.07) is 29.8. The number of H-pyrrole nitrogens is 2. The SMILES string of the molecule is Cc1ccc(-c2csc(-c3cc(C(=O)NCCCNC(=O)c4ccc5ccccc5n4)n[nH]3)c2)nc1C(=O)NCCCNC(=O)c1cc(-c2ccccc2)n[nH]1. The van der Waals surface area contributed by atoms with E-state index in [1.54, 1.807) is 18.2 Å². The van der Waals surface area contributed by atoms with Gasteiger partial charge in [0, 0.05) is 48.1 Å². The van der Waals surface area contributed by atoms with Crippen LogP contribution in [0.1, 0.15) is 60.4 Å². The predicted octanol–water partition coefficient (Wildman–Crippen LogP) is 5.55. The fraction of sp³-hybridized carbons (Fsp3) is 0.171. The van der Waals surface area contributed by atoms with Gasteiger partial charge in [-0.1, -0.05) is 60.7 Å². The van der Waals surface area contributed by atoms with E-state index in [2.05, 4.69) is 51.6 Å². The third-order valence-corrected chi connectivity index (χ3v) is 9.82. The van der Waals surface area contributed by atoms with Crippen molar-refractivity contribution in [3.63, 3.8) is 0 Å². The van der Waals surface area contributed by atoms with E-state index in [1.165, 1.54) is 11.3 Å². The third-order valence-electron chi connectivity index (χ3n) is 8.86. The number of rotatable bonds is 15. The molecule has 0 bridgehead atoms. The van der Waals surface area contributed by atoms with Crippen molar-refractivity contribution >= 4 is 45.9 Å². The molecule has 0 aliphatic rings. The van der Waals surface area contributed by atoms with Crippen LogP contribution in [0.2, 0.25) is 0 Å². The summed E-state index contributed by atoms with van der Waals surface area (Å²) in [5.41, 5.74) is 6.46. The Balaban J connectivity index is 0.849. The molecule has 0 saturated carbocycles. The first-order valence-corrected chi connectivity index (χ1v) is 18.9. The van der Waals surface area contributed by atoms with Gasteiger partial charge in [-0.3, -0.25) is 29.4 Å². The Kier molecular flexibility index (Phi) is 11.6. The molecular weight excluding hydrogens is 729 g/mol. The second-order valence-electron chi connectivity index (χ2n) is 12.9. The number of aryl methyl sites for hydroxylation is 1. The highest BCUT2D eigenvalue weighted by molar-refractivity contribution is 7.14. The number of thiophene rings is 1. The van der Waals surface area contributed by atoms with Crippen LogP contribution in [0.5, 0.6) is 0 Å². The topological polar surface area (TPSA) is 200 Å². The van der Waals surface area contributed by atoms with Crippen molar-refractivity contribution in [3.8, 4) is 33.1 Å². The van der Waals surface area contributed by atoms with Gasteiger partial charge in [0.15, 0.2) is 5.69 Å². The van der Waals surface area contributed by atoms with Crippen LogP contribution in [0.3, 0.4) is 0 Å². The second-order valence-corrected chi connectivity index (χ2v) is 13.8. The van der Waals surface area contributed by atoms with Crippen molar-refractivity contribution in [1.29, 1.82) is 0 Å². The van der Waals surface area contributed by atoms with Crippen LogP contribution >= 0.6 is 11.3 Å². The molecule has 4 amide bonds. The van der Waals surface area contributed by atoms with E-state index in [0.29, 0.717) is 73.2 Å². The molecule has 7 rings (SSSR count). The number of aromatic amines is 2. The van der Waals surface area contributed by atoms with E-state index >= 15 is 0 Å². The first-order valence-electron chi connectivity index (χ1n) is 18.0. The van der Waals surface area contributed by atoms with E-state index < -0.39 is 0 Å². The van der Waals surface area contributed by atoms with E-state index in [4.69, 9.17) is 0 Å². The molecule has 0 unspecified atom stereocenters. The Morgan fingerprint density at radius 1 is 0.607 bits per heavy atom. The fourth-order valence-corrected chi connectivity index (χ4v) is 6.70. The van der Waals surface area contributed by atoms with E-state index in [9.17, 15) is 19.2 Å². The van der Waals surface area contributed by atoms with E-state index in [-0.39, 0.29) is 29.3 Å². The fourth-order valence-electron chi connectivity index (χ4n) is 5.83. The molecule has 56 heavy (non-hydrogen) atoms. The van der Waals surface area contributed by atoms with Crippen LogP contribution < -0.4 is 21.3 Å². The van der Waals surface area contributed by atoms with Crippen LogP contribution in [0.4, 0.5) is 0 Å². The van der Waals surface area contributed by atoms with Crippen molar-refractivity contribution < 1.29 is 19.2 Å². The van der Waals surface area contributed by atoms with Crippen LogP contribution in [0.15, 0.2) is 102 Å². The smallest absolute Gasteiger partial charge is 0.271 e. The number of hydrogen-bond donors (Lipinski definition) is 6. The molecule has 0 aliphatic heterocycles. The van der Waals surface area contributed by atoms with Gasteiger partial charge in [0.05, 0.1) is 27.5 Å². The zero-order chi connectivity index (χ0) is 38.9. The van der Waals surface area contributed by atoms with E-state index in [0.717, 1.165) is 32.5 Å². The lowest BCUT2D eigenvalue weighted by Crippen LogP contribution is -2.30. The molecular formula is C41H38N10O4S. The predicted molar refractivity (Wildman–Crippen MR) is 214 cm³/mol. The highest BCUT2D eigenvalue weighted by Gasteiger charge is 2.17. The summed E-state index contributed by atoms with van der Waals surface area (Å²) < 4.78 is 0. The lowest BCUT2D eigenvalue weighted by Gasteiger charge is -2.09. The molecule has 14 nitrogen and oxygen atoms in total. The maximum absolute atomic E-state index is 13.1. The maximum Gasteiger partial charge on any atom is 0.271 e. The van der Waals surface area contributed by atoms with Crippen LogP contribution in [0.25, 0.3) is 44.0 Å². The molecule has 0 radical (unpaired) electrons. The minimum Gasteiger partial charge on any atom is -0.351 e. The minimum atomic E-state index is -0.333. The molecule has 7 aromatic rings. The average molecular weight is 767 g/mol. The normalized spacial score (nSPS) is 10.9. The second kappa shape index (κ2) is 17.4. The Labute approximate surface area is 325 Å². The molecule has 0 fully saturated rings. The first kappa shape index (κ1) is 37.3. The Morgan fingerprint density at radius 2 is 1.30 bits per heavy atom. The van der Waals surface area contributed by atoms with Gasteiger partial charge in [-0.2, -0.15) is 10.2 Å². The summed E-state index contributed by atoms with van der Waals surface area (Å²) in [5.74, 6) is -1.18. The zero-order valence-electron chi connectivity index (χ0n) is 30.4. The lowest BCUT2D eigenvalue weighted by molar-refractivity contribution is 0.0930. The molecule has 5 heterocycles. The maximum atomic E-state index is 13.1. The van der Waals surface area contributed by atoms with Crippen LogP contribution in [-0.2, 0) is 0 Å². The number of aromatic nitrogens is 6. The number of hydrogen-bond acceptors (Lipinski definition) is 9. The molecule has 282 valence electrons. The standard InChI is InChI=1S/C41H38N10O4S/c1-25-13-15-30(47-37(25)41(55)45-20-8-19-43-39(53)34-22-32(48-50-34)26-9-3-2-4-10-26)28-21-36(56-24-28)33-23-35(51-49-33)40(54)44-18-7-17-42-38(52)31-16-14-27-11-5-6-12-29(27)46-31/h2-6,9-16,21-24H,7-8,17-20H2,1H3,(H,42,52)(H,43,53)(H,44,54)(H,45,55)(H,48,50)(H,49,51). The number of para-hydroxylation sites is 1. The largest absolute Gasteiger partial charge is 0.351 e. The third kappa shape index (κ3) is 9.02. The molecule has 2 aromatic carbocycles. The number of carbonyl (C=O) groups is 4. The van der Waals surface area contributed by atoms with Gasteiger partial charge in [-0.25, -0.2) is 9.97 Å². The molecule has 0 atom stereocenters. The molecule has 6 N–H and O–H groups in total. The number of pyridine rings is 2. The van der Waals surface area contributed by atoms with Gasteiger partial charge in [-0.15, -0.1) is 11.3 Å². The minimum absolute atomic E-state index is 0.241. The number of carbonyl (C=O) groups excluding carboxylic acids is 4. The summed E-state index contributed by atoms with van der Waals surface area (Å²) in [6.45, 7) is 3.27. The lowest BCUT2D eigenvalue weighted by atomic mass is 10.1. The molecule has 0 spiro atoms. The summed E-state index contributed by atoms with van der Waals surface area (Å²) in [4.78, 5) is 60.9. The number of nitrogens with zero attached hydrogens (tertiary/aromatic N) is 4. The summed E-state index contributed by atoms with van der Waals surface area (Å²) >= 11 is 1.46. The average Bonchev–Trinajstić information content (AvgIpc) is 4.03. The highest BCUT2D eigenvalue weighted by Crippen LogP contribution is 2.31. The van der Waals surface area contributed by atoms with Crippen molar-refractivity contribution in [2.75, 3.05) is 26.2 Å². The van der Waals surface area contributed by atoms with Gasteiger partial charge >= 0.3 is 0 Å². The van der Waals surface area contributed by atoms with Crippen LogP contribution in [0, 0.1) is 6.92 Å². The highest BCUT2D eigenvalue weighted by atomic mass is 32.1.